The summed E-state index contributed by atoms with van der Waals surface area (Å²) in [5.41, 5.74) is 0. The molecule has 0 aromatic rings. The van der Waals surface area contributed by atoms with Gasteiger partial charge in [0.2, 0.25) is 0 Å². The van der Waals surface area contributed by atoms with Crippen LogP contribution in [0.4, 0.5) is 4.79 Å². The highest BCUT2D eigenvalue weighted by Crippen LogP contribution is 2.42. The van der Waals surface area contributed by atoms with Crippen LogP contribution in [0.5, 0.6) is 0 Å². The van der Waals surface area contributed by atoms with Gasteiger partial charge in [-0.15, -0.1) is 0 Å². The van der Waals surface area contributed by atoms with Crippen LogP contribution in [0.3, 0.4) is 0 Å². The second-order valence-electron chi connectivity index (χ2n) is 5.49. The minimum absolute atomic E-state index is 0.129. The van der Waals surface area contributed by atoms with Crippen LogP contribution in [-0.2, 0) is 4.79 Å². The van der Waals surface area contributed by atoms with Crippen molar-refractivity contribution in [1.82, 2.24) is 9.80 Å². The van der Waals surface area contributed by atoms with E-state index in [2.05, 4.69) is 0 Å². The average Bonchev–Trinajstić information content (AvgIpc) is 2.93. The molecule has 2 fully saturated rings. The van der Waals surface area contributed by atoms with E-state index in [0.717, 1.165) is 25.0 Å². The number of amides is 2. The average molecular weight is 286 g/mol. The highest BCUT2D eigenvalue weighted by atomic mass is 32.2. The summed E-state index contributed by atoms with van der Waals surface area (Å²) >= 11 is 1.69. The van der Waals surface area contributed by atoms with Crippen molar-refractivity contribution in [2.45, 2.75) is 25.3 Å². The Morgan fingerprint density at radius 2 is 2.16 bits per heavy atom. The molecule has 3 unspecified atom stereocenters. The van der Waals surface area contributed by atoms with Crippen LogP contribution in [0.25, 0.3) is 0 Å². The van der Waals surface area contributed by atoms with Crippen molar-refractivity contribution in [2.75, 3.05) is 32.1 Å². The first kappa shape index (κ1) is 14.5. The monoisotopic (exact) mass is 286 g/mol. The summed E-state index contributed by atoms with van der Waals surface area (Å²) in [4.78, 5) is 27.1. The minimum Gasteiger partial charge on any atom is -0.480 e. The number of thioether (sulfide) groups is 1. The first-order valence-electron chi connectivity index (χ1n) is 6.79. The Balaban J connectivity index is 2.06. The van der Waals surface area contributed by atoms with E-state index in [1.807, 2.05) is 6.26 Å². The molecule has 6 heteroatoms. The zero-order valence-electron chi connectivity index (χ0n) is 11.5. The number of likely N-dealkylation sites (tertiary alicyclic amines) is 1. The van der Waals surface area contributed by atoms with Crippen LogP contribution in [0.1, 0.15) is 19.3 Å². The van der Waals surface area contributed by atoms with Crippen molar-refractivity contribution < 1.29 is 14.7 Å². The van der Waals surface area contributed by atoms with Crippen molar-refractivity contribution in [1.29, 1.82) is 0 Å². The summed E-state index contributed by atoms with van der Waals surface area (Å²) in [5.74, 6) is 0.580. The molecule has 1 aliphatic carbocycles. The molecule has 0 aromatic carbocycles. The quantitative estimate of drug-likeness (QED) is 0.852. The lowest BCUT2D eigenvalue weighted by molar-refractivity contribution is -0.142. The van der Waals surface area contributed by atoms with Gasteiger partial charge < -0.3 is 14.9 Å². The van der Waals surface area contributed by atoms with Crippen molar-refractivity contribution in [3.63, 3.8) is 0 Å². The fourth-order valence-corrected chi connectivity index (χ4v) is 3.82. The fourth-order valence-electron chi connectivity index (χ4n) is 3.36. The summed E-state index contributed by atoms with van der Waals surface area (Å²) in [6.45, 7) is 1.28. The molecular formula is C13H22N2O3S. The summed E-state index contributed by atoms with van der Waals surface area (Å²) in [6.07, 6.45) is 5.11. The molecule has 5 nitrogen and oxygen atoms in total. The number of carbonyl (C=O) groups excluding carboxylic acids is 1. The van der Waals surface area contributed by atoms with E-state index in [9.17, 15) is 14.7 Å². The van der Waals surface area contributed by atoms with Gasteiger partial charge in [0.15, 0.2) is 0 Å². The number of carboxylic acids is 1. The highest BCUT2D eigenvalue weighted by molar-refractivity contribution is 7.98. The number of aliphatic carboxylic acids is 1. The maximum absolute atomic E-state index is 12.4. The Bertz CT molecular complexity index is 364. The van der Waals surface area contributed by atoms with Crippen LogP contribution < -0.4 is 0 Å². The second-order valence-corrected chi connectivity index (χ2v) is 6.47. The molecular weight excluding hydrogens is 264 g/mol. The van der Waals surface area contributed by atoms with Gasteiger partial charge in [0.1, 0.15) is 6.04 Å². The van der Waals surface area contributed by atoms with Gasteiger partial charge >= 0.3 is 12.0 Å². The molecule has 0 aromatic heterocycles. The second kappa shape index (κ2) is 6.03. The molecule has 0 bridgehead atoms. The van der Waals surface area contributed by atoms with Gasteiger partial charge in [0.25, 0.3) is 0 Å². The summed E-state index contributed by atoms with van der Waals surface area (Å²) < 4.78 is 0. The van der Waals surface area contributed by atoms with Gasteiger partial charge in [-0.1, -0.05) is 6.42 Å². The normalized spacial score (nSPS) is 29.4. The van der Waals surface area contributed by atoms with E-state index in [-0.39, 0.29) is 11.9 Å². The van der Waals surface area contributed by atoms with Crippen LogP contribution in [0.15, 0.2) is 0 Å². The molecule has 1 heterocycles. The van der Waals surface area contributed by atoms with E-state index < -0.39 is 12.0 Å². The molecule has 1 N–H and O–H groups in total. The Morgan fingerprint density at radius 3 is 2.79 bits per heavy atom. The fraction of sp³-hybridized carbons (Fsp3) is 0.846. The third-order valence-corrected chi connectivity index (χ3v) is 4.94. The minimum atomic E-state index is -0.846. The Morgan fingerprint density at radius 1 is 1.42 bits per heavy atom. The molecule has 108 valence electrons. The zero-order valence-corrected chi connectivity index (χ0v) is 12.4. The molecule has 2 amide bonds. The predicted molar refractivity (Wildman–Crippen MR) is 75.4 cm³/mol. The maximum Gasteiger partial charge on any atom is 0.326 e. The standard InChI is InChI=1S/C13H22N2O3S/c1-14(6-7-19-2)13(18)15-8-9-4-3-5-10(9)11(15)12(16)17/h9-11H,3-8H2,1-2H3,(H,16,17). The zero-order chi connectivity index (χ0) is 14.0. The van der Waals surface area contributed by atoms with Crippen molar-refractivity contribution >= 4 is 23.8 Å². The van der Waals surface area contributed by atoms with Crippen molar-refractivity contribution in [3.8, 4) is 0 Å². The number of nitrogens with zero attached hydrogens (tertiary/aromatic N) is 2. The SMILES string of the molecule is CSCCN(C)C(=O)N1CC2CCCC2C1C(=O)O. The molecule has 19 heavy (non-hydrogen) atoms. The molecule has 2 aliphatic rings. The molecule has 1 saturated carbocycles. The summed E-state index contributed by atoms with van der Waals surface area (Å²) in [7, 11) is 1.76. The summed E-state index contributed by atoms with van der Waals surface area (Å²) in [5, 5.41) is 9.42. The molecule has 0 radical (unpaired) electrons. The smallest absolute Gasteiger partial charge is 0.326 e. The van der Waals surface area contributed by atoms with Crippen molar-refractivity contribution in [3.05, 3.63) is 0 Å². The number of carbonyl (C=O) groups is 2. The molecule has 2 rings (SSSR count). The Labute approximate surface area is 118 Å². The van der Waals surface area contributed by atoms with Gasteiger partial charge in [-0.2, -0.15) is 11.8 Å². The van der Waals surface area contributed by atoms with E-state index in [1.165, 1.54) is 0 Å². The Kier molecular flexibility index (Phi) is 4.60. The lowest BCUT2D eigenvalue weighted by Gasteiger charge is -2.29. The lowest BCUT2D eigenvalue weighted by atomic mass is 9.94. The van der Waals surface area contributed by atoms with Crippen LogP contribution in [0.2, 0.25) is 0 Å². The maximum atomic E-state index is 12.4. The number of fused-ring (bicyclic) bond motifs is 1. The van der Waals surface area contributed by atoms with Gasteiger partial charge in [-0.3, -0.25) is 0 Å². The van der Waals surface area contributed by atoms with E-state index in [4.69, 9.17) is 0 Å². The third-order valence-electron chi connectivity index (χ3n) is 4.35. The molecule has 3 atom stereocenters. The first-order chi connectivity index (χ1) is 9.06. The van der Waals surface area contributed by atoms with Gasteiger partial charge in [-0.25, -0.2) is 9.59 Å². The van der Waals surface area contributed by atoms with Gasteiger partial charge in [0, 0.05) is 25.9 Å². The molecule has 1 aliphatic heterocycles. The number of hydrogen-bond donors (Lipinski definition) is 1. The largest absolute Gasteiger partial charge is 0.480 e. The third kappa shape index (κ3) is 2.83. The number of carboxylic acid groups (broad SMARTS) is 1. The first-order valence-corrected chi connectivity index (χ1v) is 8.19. The van der Waals surface area contributed by atoms with Crippen LogP contribution in [0, 0.1) is 11.8 Å². The van der Waals surface area contributed by atoms with Gasteiger partial charge in [-0.05, 0) is 30.9 Å². The highest BCUT2D eigenvalue weighted by Gasteiger charge is 2.50. The topological polar surface area (TPSA) is 60.9 Å². The molecule has 1 saturated heterocycles. The van der Waals surface area contributed by atoms with Crippen LogP contribution in [-0.4, -0.2) is 65.1 Å². The Hall–Kier alpha value is -0.910. The van der Waals surface area contributed by atoms with Crippen molar-refractivity contribution in [2.24, 2.45) is 11.8 Å². The van der Waals surface area contributed by atoms with Crippen LogP contribution >= 0.6 is 11.8 Å². The van der Waals surface area contributed by atoms with E-state index in [1.54, 1.807) is 28.6 Å². The lowest BCUT2D eigenvalue weighted by Crippen LogP contribution is -2.48. The van der Waals surface area contributed by atoms with E-state index in [0.29, 0.717) is 19.0 Å². The number of urea groups is 1. The summed E-state index contributed by atoms with van der Waals surface area (Å²) in [6, 6.07) is -0.743. The molecule has 0 spiro atoms. The number of hydrogen-bond acceptors (Lipinski definition) is 3. The predicted octanol–water partition coefficient (Wildman–Crippen LogP) is 1.59. The number of rotatable bonds is 4. The van der Waals surface area contributed by atoms with E-state index >= 15 is 0 Å². The van der Waals surface area contributed by atoms with Gasteiger partial charge in [0.05, 0.1) is 0 Å².